The summed E-state index contributed by atoms with van der Waals surface area (Å²) in [4.78, 5) is 22.3. The Hall–Kier alpha value is -1.85. The van der Waals surface area contributed by atoms with Crippen LogP contribution in [0.1, 0.15) is 44.1 Å². The molecule has 6 heteroatoms. The summed E-state index contributed by atoms with van der Waals surface area (Å²) in [7, 11) is 0. The Kier molecular flexibility index (Phi) is 5.09. The zero-order valence-electron chi connectivity index (χ0n) is 11.8. The fourth-order valence-electron chi connectivity index (χ4n) is 2.09. The van der Waals surface area contributed by atoms with Gasteiger partial charge < -0.3 is 10.4 Å². The van der Waals surface area contributed by atoms with Gasteiger partial charge in [0, 0.05) is 18.2 Å². The molecule has 6 nitrogen and oxygen atoms in total. The molecule has 2 atom stereocenters. The number of aromatic nitrogens is 2. The Morgan fingerprint density at radius 1 is 1.37 bits per heavy atom. The van der Waals surface area contributed by atoms with Crippen LogP contribution in [-0.4, -0.2) is 32.8 Å². The Morgan fingerprint density at radius 3 is 2.47 bits per heavy atom. The van der Waals surface area contributed by atoms with Gasteiger partial charge in [-0.1, -0.05) is 0 Å². The lowest BCUT2D eigenvalue weighted by Gasteiger charge is -2.16. The highest BCUT2D eigenvalue weighted by molar-refractivity contribution is 5.77. The summed E-state index contributed by atoms with van der Waals surface area (Å²) < 4.78 is 1.82. The number of nitrogens with zero attached hydrogens (tertiary/aromatic N) is 2. The second-order valence-corrected chi connectivity index (χ2v) is 4.99. The number of aryl methyl sites for hydroxylation is 2. The van der Waals surface area contributed by atoms with Gasteiger partial charge in [-0.3, -0.25) is 14.3 Å². The van der Waals surface area contributed by atoms with Gasteiger partial charge in [-0.05, 0) is 33.8 Å². The molecular weight excluding hydrogens is 246 g/mol. The van der Waals surface area contributed by atoms with Crippen molar-refractivity contribution in [2.24, 2.45) is 0 Å². The lowest BCUT2D eigenvalue weighted by Crippen LogP contribution is -2.35. The van der Waals surface area contributed by atoms with Crippen LogP contribution in [0.4, 0.5) is 0 Å². The summed E-state index contributed by atoms with van der Waals surface area (Å²) in [5.74, 6) is -1.08. The number of carbonyl (C=O) groups excluding carboxylic acids is 1. The van der Waals surface area contributed by atoms with E-state index in [-0.39, 0.29) is 30.8 Å². The van der Waals surface area contributed by atoms with E-state index < -0.39 is 5.97 Å². The number of hydrogen-bond donors (Lipinski definition) is 2. The largest absolute Gasteiger partial charge is 0.481 e. The highest BCUT2D eigenvalue weighted by Crippen LogP contribution is 2.14. The van der Waals surface area contributed by atoms with Gasteiger partial charge in [0.25, 0.3) is 0 Å². The highest BCUT2D eigenvalue weighted by atomic mass is 16.4. The van der Waals surface area contributed by atoms with Gasteiger partial charge in [-0.25, -0.2) is 0 Å². The van der Waals surface area contributed by atoms with Crippen molar-refractivity contribution in [1.29, 1.82) is 0 Å². The summed E-state index contributed by atoms with van der Waals surface area (Å²) in [5.41, 5.74) is 1.93. The zero-order valence-corrected chi connectivity index (χ0v) is 11.8. The SMILES string of the molecule is Cc1cc(C)n(C(C)CC(=O)NC(C)CC(=O)O)n1. The first-order chi connectivity index (χ1) is 8.79. The predicted molar refractivity (Wildman–Crippen MR) is 70.9 cm³/mol. The van der Waals surface area contributed by atoms with E-state index in [1.54, 1.807) is 6.92 Å². The number of carbonyl (C=O) groups is 2. The molecule has 0 aliphatic carbocycles. The third kappa shape index (κ3) is 4.73. The third-order valence-electron chi connectivity index (χ3n) is 2.83. The van der Waals surface area contributed by atoms with Crippen molar-refractivity contribution in [3.8, 4) is 0 Å². The quantitative estimate of drug-likeness (QED) is 0.816. The molecule has 2 unspecified atom stereocenters. The fourth-order valence-corrected chi connectivity index (χ4v) is 2.09. The Bertz CT molecular complexity index is 468. The zero-order chi connectivity index (χ0) is 14.6. The molecule has 19 heavy (non-hydrogen) atoms. The molecule has 0 aliphatic rings. The third-order valence-corrected chi connectivity index (χ3v) is 2.83. The van der Waals surface area contributed by atoms with E-state index in [0.29, 0.717) is 0 Å². The maximum absolute atomic E-state index is 11.8. The predicted octanol–water partition coefficient (Wildman–Crippen LogP) is 1.43. The van der Waals surface area contributed by atoms with Gasteiger partial charge in [0.2, 0.25) is 5.91 Å². The van der Waals surface area contributed by atoms with Crippen LogP contribution >= 0.6 is 0 Å². The van der Waals surface area contributed by atoms with Gasteiger partial charge in [0.15, 0.2) is 0 Å². The van der Waals surface area contributed by atoms with Crippen molar-refractivity contribution in [2.75, 3.05) is 0 Å². The van der Waals surface area contributed by atoms with Crippen molar-refractivity contribution >= 4 is 11.9 Å². The second kappa shape index (κ2) is 6.36. The number of carboxylic acids is 1. The van der Waals surface area contributed by atoms with E-state index in [0.717, 1.165) is 11.4 Å². The first-order valence-corrected chi connectivity index (χ1v) is 6.33. The van der Waals surface area contributed by atoms with Crippen molar-refractivity contribution < 1.29 is 14.7 Å². The van der Waals surface area contributed by atoms with Gasteiger partial charge in [-0.15, -0.1) is 0 Å². The standard InChI is InChI=1S/C13H21N3O3/c1-8(6-13(18)19)14-12(17)7-11(4)16-10(3)5-9(2)15-16/h5,8,11H,6-7H2,1-4H3,(H,14,17)(H,18,19). The van der Waals surface area contributed by atoms with Crippen LogP contribution in [0.25, 0.3) is 0 Å². The van der Waals surface area contributed by atoms with Crippen LogP contribution < -0.4 is 5.32 Å². The highest BCUT2D eigenvalue weighted by Gasteiger charge is 2.16. The van der Waals surface area contributed by atoms with Crippen LogP contribution in [0.2, 0.25) is 0 Å². The van der Waals surface area contributed by atoms with Crippen LogP contribution in [0.3, 0.4) is 0 Å². The molecule has 1 aromatic heterocycles. The minimum Gasteiger partial charge on any atom is -0.481 e. The van der Waals surface area contributed by atoms with Crippen LogP contribution in [-0.2, 0) is 9.59 Å². The Morgan fingerprint density at radius 2 is 2.00 bits per heavy atom. The second-order valence-electron chi connectivity index (χ2n) is 4.99. The fraction of sp³-hybridized carbons (Fsp3) is 0.615. The molecule has 106 valence electrons. The van der Waals surface area contributed by atoms with E-state index in [1.165, 1.54) is 0 Å². The lowest BCUT2D eigenvalue weighted by molar-refractivity contribution is -0.137. The molecular formula is C13H21N3O3. The van der Waals surface area contributed by atoms with Gasteiger partial charge in [-0.2, -0.15) is 5.10 Å². The summed E-state index contributed by atoms with van der Waals surface area (Å²) in [6, 6.07) is 1.55. The van der Waals surface area contributed by atoms with Gasteiger partial charge in [0.1, 0.15) is 0 Å². The van der Waals surface area contributed by atoms with Crippen molar-refractivity contribution in [1.82, 2.24) is 15.1 Å². The van der Waals surface area contributed by atoms with Gasteiger partial charge in [0.05, 0.1) is 18.2 Å². The first-order valence-electron chi connectivity index (χ1n) is 6.33. The molecule has 1 amide bonds. The lowest BCUT2D eigenvalue weighted by atomic mass is 10.2. The van der Waals surface area contributed by atoms with E-state index in [9.17, 15) is 9.59 Å². The average Bonchev–Trinajstić information content (AvgIpc) is 2.55. The summed E-state index contributed by atoms with van der Waals surface area (Å²) in [6.07, 6.45) is 0.214. The van der Waals surface area contributed by atoms with Crippen molar-refractivity contribution in [3.63, 3.8) is 0 Å². The Balaban J connectivity index is 2.52. The number of nitrogens with one attached hydrogen (secondary N) is 1. The molecule has 1 rings (SSSR count). The first kappa shape index (κ1) is 15.2. The van der Waals surface area contributed by atoms with Crippen LogP contribution in [0, 0.1) is 13.8 Å². The van der Waals surface area contributed by atoms with E-state index in [1.807, 2.05) is 31.5 Å². The smallest absolute Gasteiger partial charge is 0.305 e. The molecule has 0 aromatic carbocycles. The van der Waals surface area contributed by atoms with Crippen LogP contribution in [0.15, 0.2) is 6.07 Å². The normalized spacial score (nSPS) is 13.9. The van der Waals surface area contributed by atoms with E-state index >= 15 is 0 Å². The minimum absolute atomic E-state index is 0.0503. The average molecular weight is 267 g/mol. The van der Waals surface area contributed by atoms with E-state index in [2.05, 4.69) is 10.4 Å². The molecule has 0 fully saturated rings. The monoisotopic (exact) mass is 267 g/mol. The number of aliphatic carboxylic acids is 1. The summed E-state index contributed by atoms with van der Waals surface area (Å²) in [6.45, 7) is 7.45. The number of rotatable bonds is 6. The van der Waals surface area contributed by atoms with Gasteiger partial charge >= 0.3 is 5.97 Å². The van der Waals surface area contributed by atoms with Crippen LogP contribution in [0.5, 0.6) is 0 Å². The molecule has 0 saturated heterocycles. The number of hydrogen-bond acceptors (Lipinski definition) is 3. The summed E-state index contributed by atoms with van der Waals surface area (Å²) in [5, 5.41) is 15.6. The van der Waals surface area contributed by atoms with Crippen molar-refractivity contribution in [2.45, 2.75) is 52.6 Å². The molecule has 0 bridgehead atoms. The summed E-state index contributed by atoms with van der Waals surface area (Å²) >= 11 is 0. The van der Waals surface area contributed by atoms with E-state index in [4.69, 9.17) is 5.11 Å². The minimum atomic E-state index is -0.917. The molecule has 0 aliphatic heterocycles. The molecule has 0 radical (unpaired) electrons. The number of carboxylic acid groups (broad SMARTS) is 1. The molecule has 2 N–H and O–H groups in total. The Labute approximate surface area is 112 Å². The van der Waals surface area contributed by atoms with Crippen molar-refractivity contribution in [3.05, 3.63) is 17.5 Å². The maximum atomic E-state index is 11.8. The maximum Gasteiger partial charge on any atom is 0.305 e. The molecule has 0 saturated carbocycles. The molecule has 1 aromatic rings. The topological polar surface area (TPSA) is 84.2 Å². The molecule has 0 spiro atoms. The molecule has 1 heterocycles. The number of amides is 1.